The standard InChI is InChI=1S/C14H11ClN2OS/c1-9(14(18)12-6-7-13(15)19-12)17-8-16-10-4-2-3-5-11(10)17/h2-9H,1H3. The lowest BCUT2D eigenvalue weighted by atomic mass is 10.1. The van der Waals surface area contributed by atoms with Gasteiger partial charge in [-0.15, -0.1) is 11.3 Å². The van der Waals surface area contributed by atoms with Crippen LogP contribution in [0.4, 0.5) is 0 Å². The quantitative estimate of drug-likeness (QED) is 0.678. The summed E-state index contributed by atoms with van der Waals surface area (Å²) in [5.41, 5.74) is 1.86. The summed E-state index contributed by atoms with van der Waals surface area (Å²) in [6, 6.07) is 11.0. The van der Waals surface area contributed by atoms with Crippen LogP contribution >= 0.6 is 22.9 Å². The maximum atomic E-state index is 12.4. The Bertz CT molecular complexity index is 747. The van der Waals surface area contributed by atoms with Crippen LogP contribution in [0.25, 0.3) is 11.0 Å². The Morgan fingerprint density at radius 3 is 2.84 bits per heavy atom. The average molecular weight is 291 g/mol. The fraction of sp³-hybridized carbons (Fsp3) is 0.143. The Hall–Kier alpha value is -1.65. The van der Waals surface area contributed by atoms with Crippen molar-refractivity contribution < 1.29 is 4.79 Å². The maximum Gasteiger partial charge on any atom is 0.195 e. The van der Waals surface area contributed by atoms with Gasteiger partial charge in [-0.05, 0) is 31.2 Å². The first-order valence-corrected chi connectivity index (χ1v) is 7.07. The van der Waals surface area contributed by atoms with Gasteiger partial charge >= 0.3 is 0 Å². The van der Waals surface area contributed by atoms with Crippen LogP contribution in [0.2, 0.25) is 4.34 Å². The molecule has 19 heavy (non-hydrogen) atoms. The number of hydrogen-bond acceptors (Lipinski definition) is 3. The van der Waals surface area contributed by atoms with E-state index in [1.807, 2.05) is 35.8 Å². The second-order valence-electron chi connectivity index (χ2n) is 4.28. The lowest BCUT2D eigenvalue weighted by Crippen LogP contribution is -2.14. The Balaban J connectivity index is 2.00. The molecule has 0 amide bonds. The predicted molar refractivity (Wildman–Crippen MR) is 78.1 cm³/mol. The molecule has 0 radical (unpaired) electrons. The van der Waals surface area contributed by atoms with Crippen LogP contribution in [0.1, 0.15) is 22.6 Å². The van der Waals surface area contributed by atoms with Gasteiger partial charge in [-0.2, -0.15) is 0 Å². The number of fused-ring (bicyclic) bond motifs is 1. The molecule has 3 aromatic rings. The molecule has 3 rings (SSSR count). The van der Waals surface area contributed by atoms with E-state index in [-0.39, 0.29) is 11.8 Å². The summed E-state index contributed by atoms with van der Waals surface area (Å²) < 4.78 is 2.52. The van der Waals surface area contributed by atoms with E-state index in [1.165, 1.54) is 11.3 Å². The Morgan fingerprint density at radius 1 is 1.32 bits per heavy atom. The van der Waals surface area contributed by atoms with Gasteiger partial charge in [0, 0.05) is 0 Å². The molecular weight excluding hydrogens is 280 g/mol. The number of carbonyl (C=O) groups excluding carboxylic acids is 1. The van der Waals surface area contributed by atoms with Crippen molar-refractivity contribution >= 4 is 39.8 Å². The number of nitrogens with zero attached hydrogens (tertiary/aromatic N) is 2. The molecule has 0 saturated carbocycles. The van der Waals surface area contributed by atoms with Crippen molar-refractivity contribution in [2.45, 2.75) is 13.0 Å². The molecule has 1 unspecified atom stereocenters. The fourth-order valence-corrected chi connectivity index (χ4v) is 3.13. The van der Waals surface area contributed by atoms with E-state index < -0.39 is 0 Å². The summed E-state index contributed by atoms with van der Waals surface area (Å²) in [5, 5.41) is 0. The number of aromatic nitrogens is 2. The van der Waals surface area contributed by atoms with E-state index in [2.05, 4.69) is 4.98 Å². The largest absolute Gasteiger partial charge is 0.320 e. The highest BCUT2D eigenvalue weighted by Crippen LogP contribution is 2.26. The molecule has 1 atom stereocenters. The van der Waals surface area contributed by atoms with Gasteiger partial charge in [-0.3, -0.25) is 4.79 Å². The minimum Gasteiger partial charge on any atom is -0.320 e. The third-order valence-corrected chi connectivity index (χ3v) is 4.34. The molecule has 2 aromatic heterocycles. The SMILES string of the molecule is CC(C(=O)c1ccc(Cl)s1)n1cnc2ccccc21. The van der Waals surface area contributed by atoms with E-state index in [9.17, 15) is 4.79 Å². The van der Waals surface area contributed by atoms with Crippen molar-refractivity contribution in [2.75, 3.05) is 0 Å². The molecule has 0 aliphatic heterocycles. The first-order valence-electron chi connectivity index (χ1n) is 5.88. The molecule has 1 aromatic carbocycles. The zero-order chi connectivity index (χ0) is 13.4. The molecule has 96 valence electrons. The van der Waals surface area contributed by atoms with Crippen molar-refractivity contribution in [3.63, 3.8) is 0 Å². The number of carbonyl (C=O) groups is 1. The summed E-state index contributed by atoms with van der Waals surface area (Å²) in [7, 11) is 0. The van der Waals surface area contributed by atoms with Crippen molar-refractivity contribution in [1.82, 2.24) is 9.55 Å². The normalized spacial score (nSPS) is 12.7. The molecule has 0 N–H and O–H groups in total. The van der Waals surface area contributed by atoms with Crippen LogP contribution < -0.4 is 0 Å². The van der Waals surface area contributed by atoms with Crippen LogP contribution in [0, 0.1) is 0 Å². The number of hydrogen-bond donors (Lipinski definition) is 0. The zero-order valence-electron chi connectivity index (χ0n) is 10.2. The molecule has 3 nitrogen and oxygen atoms in total. The van der Waals surface area contributed by atoms with Crippen LogP contribution in [0.15, 0.2) is 42.7 Å². The number of rotatable bonds is 3. The number of Topliss-reactive ketones (excluding diaryl/α,β-unsaturated/α-hetero) is 1. The molecule has 0 aliphatic carbocycles. The monoisotopic (exact) mass is 290 g/mol. The van der Waals surface area contributed by atoms with Crippen molar-refractivity contribution in [2.24, 2.45) is 0 Å². The second-order valence-corrected chi connectivity index (χ2v) is 6.00. The van der Waals surface area contributed by atoms with E-state index in [1.54, 1.807) is 18.5 Å². The molecular formula is C14H11ClN2OS. The lowest BCUT2D eigenvalue weighted by Gasteiger charge is -2.12. The number of benzene rings is 1. The second kappa shape index (κ2) is 4.79. The third kappa shape index (κ3) is 2.17. The van der Waals surface area contributed by atoms with E-state index in [0.29, 0.717) is 9.21 Å². The van der Waals surface area contributed by atoms with Gasteiger partial charge in [-0.1, -0.05) is 23.7 Å². The predicted octanol–water partition coefficient (Wildman–Crippen LogP) is 4.20. The highest BCUT2D eigenvalue weighted by molar-refractivity contribution is 7.18. The summed E-state index contributed by atoms with van der Waals surface area (Å²) in [4.78, 5) is 17.4. The van der Waals surface area contributed by atoms with Gasteiger partial charge in [0.15, 0.2) is 5.78 Å². The van der Waals surface area contributed by atoms with Crippen molar-refractivity contribution in [1.29, 1.82) is 0 Å². The van der Waals surface area contributed by atoms with E-state index in [4.69, 9.17) is 11.6 Å². The van der Waals surface area contributed by atoms with Crippen LogP contribution in [-0.2, 0) is 0 Å². The maximum absolute atomic E-state index is 12.4. The molecule has 0 aliphatic rings. The zero-order valence-corrected chi connectivity index (χ0v) is 11.8. The Kier molecular flexibility index (Phi) is 3.12. The van der Waals surface area contributed by atoms with Crippen LogP contribution in [0.5, 0.6) is 0 Å². The van der Waals surface area contributed by atoms with Gasteiger partial charge < -0.3 is 4.57 Å². The van der Waals surface area contributed by atoms with E-state index in [0.717, 1.165) is 11.0 Å². The molecule has 0 saturated heterocycles. The average Bonchev–Trinajstić information content (AvgIpc) is 3.03. The number of halogens is 1. The van der Waals surface area contributed by atoms with Gasteiger partial charge in [0.2, 0.25) is 0 Å². The minimum atomic E-state index is -0.290. The fourth-order valence-electron chi connectivity index (χ4n) is 2.07. The number of ketones is 1. The van der Waals surface area contributed by atoms with Gasteiger partial charge in [-0.25, -0.2) is 4.98 Å². The van der Waals surface area contributed by atoms with Crippen molar-refractivity contribution in [3.05, 3.63) is 51.9 Å². The van der Waals surface area contributed by atoms with Crippen molar-refractivity contribution in [3.8, 4) is 0 Å². The highest BCUT2D eigenvalue weighted by atomic mass is 35.5. The highest BCUT2D eigenvalue weighted by Gasteiger charge is 2.20. The first-order chi connectivity index (χ1) is 9.16. The van der Waals surface area contributed by atoms with E-state index >= 15 is 0 Å². The molecule has 0 fully saturated rings. The number of thiophene rings is 1. The van der Waals surface area contributed by atoms with Crippen LogP contribution in [-0.4, -0.2) is 15.3 Å². The summed E-state index contributed by atoms with van der Waals surface area (Å²) in [6.07, 6.45) is 1.71. The van der Waals surface area contributed by atoms with Gasteiger partial charge in [0.25, 0.3) is 0 Å². The molecule has 0 spiro atoms. The summed E-state index contributed by atoms with van der Waals surface area (Å²) in [6.45, 7) is 1.88. The third-order valence-electron chi connectivity index (χ3n) is 3.09. The molecule has 2 heterocycles. The smallest absolute Gasteiger partial charge is 0.195 e. The topological polar surface area (TPSA) is 34.9 Å². The Labute approximate surface area is 119 Å². The minimum absolute atomic E-state index is 0.0556. The van der Waals surface area contributed by atoms with Crippen LogP contribution in [0.3, 0.4) is 0 Å². The summed E-state index contributed by atoms with van der Waals surface area (Å²) in [5.74, 6) is 0.0556. The number of para-hydroxylation sites is 2. The first kappa shape index (κ1) is 12.4. The van der Waals surface area contributed by atoms with Gasteiger partial charge in [0.1, 0.15) is 0 Å². The molecule has 0 bridgehead atoms. The van der Waals surface area contributed by atoms with Gasteiger partial charge in [0.05, 0.1) is 32.6 Å². The molecule has 5 heteroatoms. The summed E-state index contributed by atoms with van der Waals surface area (Å²) >= 11 is 7.19. The number of imidazole rings is 1. The Morgan fingerprint density at radius 2 is 2.11 bits per heavy atom. The lowest BCUT2D eigenvalue weighted by molar-refractivity contribution is 0.0941.